The van der Waals surface area contributed by atoms with Gasteiger partial charge in [-0.1, -0.05) is 19.3 Å². The van der Waals surface area contributed by atoms with Gasteiger partial charge in [-0.15, -0.1) is 11.3 Å². The van der Waals surface area contributed by atoms with Crippen molar-refractivity contribution >= 4 is 28.2 Å². The minimum atomic E-state index is -1.05. The smallest absolute Gasteiger partial charge is 0.331 e. The zero-order valence-corrected chi connectivity index (χ0v) is 13.5. The number of hydrogen-bond donors (Lipinski definition) is 1. The average molecular weight is 335 g/mol. The summed E-state index contributed by atoms with van der Waals surface area (Å²) in [7, 11) is 1.30. The third-order valence-electron chi connectivity index (χ3n) is 4.22. The van der Waals surface area contributed by atoms with E-state index in [2.05, 4.69) is 10.3 Å². The fourth-order valence-corrected chi connectivity index (χ4v) is 3.67. The molecule has 3 rings (SSSR count). The minimum Gasteiger partial charge on any atom is -0.467 e. The normalized spacial score (nSPS) is 16.9. The van der Waals surface area contributed by atoms with Crippen molar-refractivity contribution in [1.82, 2.24) is 14.7 Å². The van der Waals surface area contributed by atoms with Gasteiger partial charge in [-0.25, -0.2) is 9.78 Å². The van der Waals surface area contributed by atoms with Gasteiger partial charge >= 0.3 is 5.97 Å². The summed E-state index contributed by atoms with van der Waals surface area (Å²) < 4.78 is 6.19. The maximum Gasteiger partial charge on any atom is 0.331 e. The first kappa shape index (κ1) is 15.7. The van der Waals surface area contributed by atoms with Crippen molar-refractivity contribution in [3.8, 4) is 0 Å². The SMILES string of the molecule is COC(=O)C1(NC(=O)c2cnc3sccn3c2=O)CCCCC1. The van der Waals surface area contributed by atoms with Gasteiger partial charge in [0.2, 0.25) is 0 Å². The van der Waals surface area contributed by atoms with Crippen molar-refractivity contribution in [2.24, 2.45) is 0 Å². The Bertz CT molecular complexity index is 804. The van der Waals surface area contributed by atoms with E-state index < -0.39 is 23.0 Å². The molecule has 1 amide bonds. The van der Waals surface area contributed by atoms with E-state index in [4.69, 9.17) is 4.74 Å². The summed E-state index contributed by atoms with van der Waals surface area (Å²) in [4.78, 5) is 41.7. The third kappa shape index (κ3) is 2.74. The van der Waals surface area contributed by atoms with E-state index in [-0.39, 0.29) is 5.56 Å². The Hall–Kier alpha value is -2.22. The highest BCUT2D eigenvalue weighted by Crippen LogP contribution is 2.29. The second kappa shape index (κ2) is 6.11. The van der Waals surface area contributed by atoms with Crippen molar-refractivity contribution in [1.29, 1.82) is 0 Å². The van der Waals surface area contributed by atoms with Gasteiger partial charge in [0.15, 0.2) is 4.96 Å². The van der Waals surface area contributed by atoms with Gasteiger partial charge < -0.3 is 10.1 Å². The molecule has 2 aromatic rings. The van der Waals surface area contributed by atoms with Gasteiger partial charge in [-0.2, -0.15) is 0 Å². The molecular weight excluding hydrogens is 318 g/mol. The summed E-state index contributed by atoms with van der Waals surface area (Å²) in [6.07, 6.45) is 6.54. The molecule has 7 nitrogen and oxygen atoms in total. The lowest BCUT2D eigenvalue weighted by atomic mass is 9.81. The molecule has 0 atom stereocenters. The zero-order valence-electron chi connectivity index (χ0n) is 12.7. The molecule has 23 heavy (non-hydrogen) atoms. The minimum absolute atomic E-state index is 0.0743. The summed E-state index contributed by atoms with van der Waals surface area (Å²) in [5.41, 5.74) is -1.57. The quantitative estimate of drug-likeness (QED) is 0.856. The summed E-state index contributed by atoms with van der Waals surface area (Å²) in [5.74, 6) is -1.05. The molecule has 0 aromatic carbocycles. The van der Waals surface area contributed by atoms with Crippen molar-refractivity contribution < 1.29 is 14.3 Å². The highest BCUT2D eigenvalue weighted by molar-refractivity contribution is 7.15. The fourth-order valence-electron chi connectivity index (χ4n) is 3.00. The number of nitrogens with one attached hydrogen (secondary N) is 1. The molecule has 1 fully saturated rings. The van der Waals surface area contributed by atoms with Crippen LogP contribution < -0.4 is 10.9 Å². The van der Waals surface area contributed by atoms with Crippen molar-refractivity contribution in [3.05, 3.63) is 33.7 Å². The highest BCUT2D eigenvalue weighted by atomic mass is 32.1. The van der Waals surface area contributed by atoms with Crippen LogP contribution in [0.4, 0.5) is 0 Å². The average Bonchev–Trinajstić information content (AvgIpc) is 3.04. The van der Waals surface area contributed by atoms with Gasteiger partial charge in [0.25, 0.3) is 11.5 Å². The molecule has 1 aliphatic carbocycles. The molecule has 0 bridgehead atoms. The van der Waals surface area contributed by atoms with Crippen molar-refractivity contribution in [3.63, 3.8) is 0 Å². The lowest BCUT2D eigenvalue weighted by Crippen LogP contribution is -2.56. The first-order valence-electron chi connectivity index (χ1n) is 7.43. The van der Waals surface area contributed by atoms with Gasteiger partial charge in [-0.3, -0.25) is 14.0 Å². The molecule has 0 saturated heterocycles. The number of nitrogens with zero attached hydrogens (tertiary/aromatic N) is 2. The van der Waals surface area contributed by atoms with E-state index in [1.54, 1.807) is 11.6 Å². The summed E-state index contributed by atoms with van der Waals surface area (Å²) >= 11 is 1.31. The van der Waals surface area contributed by atoms with E-state index in [1.165, 1.54) is 29.0 Å². The van der Waals surface area contributed by atoms with Crippen LogP contribution in [0.15, 0.2) is 22.6 Å². The van der Waals surface area contributed by atoms with Crippen LogP contribution in [0.3, 0.4) is 0 Å². The molecule has 1 N–H and O–H groups in total. The molecule has 0 unspecified atom stereocenters. The highest BCUT2D eigenvalue weighted by Gasteiger charge is 2.42. The van der Waals surface area contributed by atoms with Gasteiger partial charge in [0.05, 0.1) is 7.11 Å². The molecule has 1 aliphatic rings. The third-order valence-corrected chi connectivity index (χ3v) is 4.99. The first-order chi connectivity index (χ1) is 11.1. The first-order valence-corrected chi connectivity index (χ1v) is 8.31. The number of carbonyl (C=O) groups excluding carboxylic acids is 2. The molecule has 1 saturated carbocycles. The predicted octanol–water partition coefficient (Wildman–Crippen LogP) is 1.36. The Labute approximate surface area is 136 Å². The summed E-state index contributed by atoms with van der Waals surface area (Å²) in [6, 6.07) is 0. The predicted molar refractivity (Wildman–Crippen MR) is 84.6 cm³/mol. The number of fused-ring (bicyclic) bond motifs is 1. The second-order valence-electron chi connectivity index (χ2n) is 5.62. The molecule has 0 aliphatic heterocycles. The largest absolute Gasteiger partial charge is 0.467 e. The Morgan fingerprint density at radius 1 is 1.35 bits per heavy atom. The number of thiazole rings is 1. The van der Waals surface area contributed by atoms with Crippen LogP contribution >= 0.6 is 11.3 Å². The van der Waals surface area contributed by atoms with E-state index in [0.29, 0.717) is 17.8 Å². The molecule has 8 heteroatoms. The Morgan fingerprint density at radius 3 is 2.78 bits per heavy atom. The van der Waals surface area contributed by atoms with Gasteiger partial charge in [0, 0.05) is 17.8 Å². The van der Waals surface area contributed by atoms with Crippen LogP contribution in [-0.4, -0.2) is 33.9 Å². The molecule has 122 valence electrons. The van der Waals surface area contributed by atoms with E-state index >= 15 is 0 Å². The van der Waals surface area contributed by atoms with Gasteiger partial charge in [0.1, 0.15) is 11.1 Å². The van der Waals surface area contributed by atoms with Crippen LogP contribution in [0.5, 0.6) is 0 Å². The molecule has 2 heterocycles. The molecule has 2 aromatic heterocycles. The van der Waals surface area contributed by atoms with Crippen molar-refractivity contribution in [2.75, 3.05) is 7.11 Å². The lowest BCUT2D eigenvalue weighted by molar-refractivity contribution is -0.149. The standard InChI is InChI=1S/C15H17N3O4S/c1-22-13(21)15(5-3-2-4-6-15)17-11(19)10-9-16-14-18(12(10)20)7-8-23-14/h7-9H,2-6H2,1H3,(H,17,19). The maximum absolute atomic E-state index is 12.6. The number of esters is 1. The van der Waals surface area contributed by atoms with E-state index in [0.717, 1.165) is 19.3 Å². The number of amides is 1. The Balaban J connectivity index is 1.93. The monoisotopic (exact) mass is 335 g/mol. The number of aromatic nitrogens is 2. The van der Waals surface area contributed by atoms with Crippen molar-refractivity contribution in [2.45, 2.75) is 37.6 Å². The number of rotatable bonds is 3. The maximum atomic E-state index is 12.6. The summed E-state index contributed by atoms with van der Waals surface area (Å²) in [5, 5.41) is 4.46. The van der Waals surface area contributed by atoms with Crippen LogP contribution in [0, 0.1) is 0 Å². The summed E-state index contributed by atoms with van der Waals surface area (Å²) in [6.45, 7) is 0. The number of methoxy groups -OCH3 is 1. The number of ether oxygens (including phenoxy) is 1. The second-order valence-corrected chi connectivity index (χ2v) is 6.49. The zero-order chi connectivity index (χ0) is 16.4. The van der Waals surface area contributed by atoms with E-state index in [9.17, 15) is 14.4 Å². The van der Waals surface area contributed by atoms with Crippen LogP contribution in [0.2, 0.25) is 0 Å². The van der Waals surface area contributed by atoms with E-state index in [1.807, 2.05) is 0 Å². The number of hydrogen-bond acceptors (Lipinski definition) is 6. The Morgan fingerprint density at radius 2 is 2.09 bits per heavy atom. The topological polar surface area (TPSA) is 89.8 Å². The van der Waals surface area contributed by atoms with Crippen LogP contribution in [-0.2, 0) is 9.53 Å². The Kier molecular flexibility index (Phi) is 4.16. The lowest BCUT2D eigenvalue weighted by Gasteiger charge is -2.35. The van der Waals surface area contributed by atoms with Gasteiger partial charge in [-0.05, 0) is 12.8 Å². The van der Waals surface area contributed by atoms with Crippen LogP contribution in [0.1, 0.15) is 42.5 Å². The molecular formula is C15H17N3O4S. The fraction of sp³-hybridized carbons (Fsp3) is 0.467. The number of carbonyl (C=O) groups is 2. The molecule has 0 spiro atoms. The molecule has 0 radical (unpaired) electrons. The van der Waals surface area contributed by atoms with Crippen LogP contribution in [0.25, 0.3) is 4.96 Å².